The molecule has 0 aliphatic rings. The summed E-state index contributed by atoms with van der Waals surface area (Å²) < 4.78 is 0. The second-order valence-corrected chi connectivity index (χ2v) is 6.60. The average Bonchev–Trinajstić information content (AvgIpc) is 2.52. The summed E-state index contributed by atoms with van der Waals surface area (Å²) in [6, 6.07) is 4.78. The van der Waals surface area contributed by atoms with Gasteiger partial charge in [-0.2, -0.15) is 0 Å². The minimum absolute atomic E-state index is 0.181. The molecule has 0 bridgehead atoms. The van der Waals surface area contributed by atoms with E-state index in [4.69, 9.17) is 11.6 Å². The Bertz CT molecular complexity index is 391. The van der Waals surface area contributed by atoms with Crippen molar-refractivity contribution >= 4 is 11.6 Å². The first kappa shape index (κ1) is 18.6. The molecule has 0 heterocycles. The first-order valence-electron chi connectivity index (χ1n) is 8.91. The first-order valence-corrected chi connectivity index (χ1v) is 9.34. The van der Waals surface area contributed by atoms with Crippen molar-refractivity contribution in [3.63, 3.8) is 0 Å². The standard InChI is InChI=1S/C20H33Cl/c1-6-11-18(12-7-2)20(21)19-16(9-4)13-15(8-3)14-17(19)10-5/h13-14,18,20H,6-12H2,1-5H3. The maximum Gasteiger partial charge on any atom is 0.0618 e. The van der Waals surface area contributed by atoms with Gasteiger partial charge in [0, 0.05) is 0 Å². The zero-order chi connectivity index (χ0) is 15.8. The Labute approximate surface area is 137 Å². The summed E-state index contributed by atoms with van der Waals surface area (Å²) in [4.78, 5) is 0. The number of benzene rings is 1. The molecule has 0 saturated heterocycles. The molecule has 1 atom stereocenters. The van der Waals surface area contributed by atoms with Crippen molar-refractivity contribution in [2.45, 2.75) is 84.9 Å². The predicted molar refractivity (Wildman–Crippen MR) is 96.5 cm³/mol. The van der Waals surface area contributed by atoms with E-state index in [2.05, 4.69) is 46.8 Å². The molecule has 0 aliphatic carbocycles. The lowest BCUT2D eigenvalue weighted by atomic mass is 9.84. The van der Waals surface area contributed by atoms with Gasteiger partial charge in [0.2, 0.25) is 0 Å². The quantitative estimate of drug-likeness (QED) is 0.437. The fraction of sp³-hybridized carbons (Fsp3) is 0.700. The van der Waals surface area contributed by atoms with Crippen molar-refractivity contribution in [2.75, 3.05) is 0 Å². The molecular formula is C20H33Cl. The highest BCUT2D eigenvalue weighted by atomic mass is 35.5. The van der Waals surface area contributed by atoms with Crippen molar-refractivity contribution < 1.29 is 0 Å². The van der Waals surface area contributed by atoms with Crippen LogP contribution in [-0.4, -0.2) is 0 Å². The van der Waals surface area contributed by atoms with Gasteiger partial charge < -0.3 is 0 Å². The molecule has 0 N–H and O–H groups in total. The first-order chi connectivity index (χ1) is 10.1. The SMILES string of the molecule is CCCC(CCC)C(Cl)c1c(CC)cc(CC)cc1CC. The molecule has 120 valence electrons. The van der Waals surface area contributed by atoms with Crippen LogP contribution in [0.25, 0.3) is 0 Å². The summed E-state index contributed by atoms with van der Waals surface area (Å²) >= 11 is 6.99. The second kappa shape index (κ2) is 9.51. The van der Waals surface area contributed by atoms with Gasteiger partial charge >= 0.3 is 0 Å². The van der Waals surface area contributed by atoms with E-state index in [1.807, 2.05) is 0 Å². The Morgan fingerprint density at radius 3 is 1.62 bits per heavy atom. The van der Waals surface area contributed by atoms with E-state index in [0.29, 0.717) is 5.92 Å². The van der Waals surface area contributed by atoms with Crippen LogP contribution in [0.3, 0.4) is 0 Å². The smallest absolute Gasteiger partial charge is 0.0618 e. The van der Waals surface area contributed by atoms with Crippen LogP contribution in [0.15, 0.2) is 12.1 Å². The summed E-state index contributed by atoms with van der Waals surface area (Å²) in [6.07, 6.45) is 8.22. The molecule has 0 amide bonds. The van der Waals surface area contributed by atoms with Gasteiger partial charge in [0.1, 0.15) is 0 Å². The monoisotopic (exact) mass is 308 g/mol. The van der Waals surface area contributed by atoms with Crippen molar-refractivity contribution in [3.8, 4) is 0 Å². The maximum atomic E-state index is 6.99. The molecule has 1 aromatic carbocycles. The highest BCUT2D eigenvalue weighted by molar-refractivity contribution is 6.21. The van der Waals surface area contributed by atoms with Crippen molar-refractivity contribution in [3.05, 3.63) is 34.4 Å². The van der Waals surface area contributed by atoms with Gasteiger partial charge in [-0.1, -0.05) is 59.6 Å². The third-order valence-electron chi connectivity index (χ3n) is 4.59. The van der Waals surface area contributed by atoms with Crippen LogP contribution in [0.2, 0.25) is 0 Å². The Kier molecular flexibility index (Phi) is 8.41. The molecule has 0 fully saturated rings. The summed E-state index contributed by atoms with van der Waals surface area (Å²) in [5.74, 6) is 0.616. The highest BCUT2D eigenvalue weighted by Crippen LogP contribution is 2.39. The van der Waals surface area contributed by atoms with Gasteiger partial charge in [-0.3, -0.25) is 0 Å². The van der Waals surface area contributed by atoms with Crippen LogP contribution in [0.4, 0.5) is 0 Å². The molecule has 0 saturated carbocycles. The lowest BCUT2D eigenvalue weighted by molar-refractivity contribution is 0.424. The van der Waals surface area contributed by atoms with Crippen molar-refractivity contribution in [1.82, 2.24) is 0 Å². The van der Waals surface area contributed by atoms with Crippen LogP contribution >= 0.6 is 11.6 Å². The molecule has 1 aromatic rings. The number of hydrogen-bond donors (Lipinski definition) is 0. The van der Waals surface area contributed by atoms with Crippen LogP contribution in [0, 0.1) is 5.92 Å². The Morgan fingerprint density at radius 1 is 0.810 bits per heavy atom. The van der Waals surface area contributed by atoms with E-state index >= 15 is 0 Å². The topological polar surface area (TPSA) is 0 Å². The average molecular weight is 309 g/mol. The predicted octanol–water partition coefficient (Wildman–Crippen LogP) is 6.87. The molecule has 0 radical (unpaired) electrons. The third kappa shape index (κ3) is 4.74. The number of halogens is 1. The van der Waals surface area contributed by atoms with Gasteiger partial charge in [-0.15, -0.1) is 11.6 Å². The maximum absolute atomic E-state index is 6.99. The summed E-state index contributed by atoms with van der Waals surface area (Å²) in [5.41, 5.74) is 5.86. The molecular weight excluding hydrogens is 276 g/mol. The summed E-state index contributed by atoms with van der Waals surface area (Å²) in [7, 11) is 0. The molecule has 0 aromatic heterocycles. The zero-order valence-corrected chi connectivity index (χ0v) is 15.4. The largest absolute Gasteiger partial charge is 0.118 e. The number of rotatable bonds is 9. The number of hydrogen-bond acceptors (Lipinski definition) is 0. The summed E-state index contributed by atoms with van der Waals surface area (Å²) in [6.45, 7) is 11.3. The molecule has 0 aliphatic heterocycles. The number of alkyl halides is 1. The molecule has 0 nitrogen and oxygen atoms in total. The Balaban J connectivity index is 3.24. The van der Waals surface area contributed by atoms with Gasteiger partial charge in [0.25, 0.3) is 0 Å². The number of aryl methyl sites for hydroxylation is 3. The van der Waals surface area contributed by atoms with E-state index in [1.54, 1.807) is 0 Å². The Morgan fingerprint density at radius 2 is 1.29 bits per heavy atom. The van der Waals surface area contributed by atoms with Gasteiger partial charge in [-0.25, -0.2) is 0 Å². The molecule has 1 unspecified atom stereocenters. The van der Waals surface area contributed by atoms with E-state index < -0.39 is 0 Å². The van der Waals surface area contributed by atoms with Crippen LogP contribution in [0.5, 0.6) is 0 Å². The van der Waals surface area contributed by atoms with Crippen LogP contribution < -0.4 is 0 Å². The van der Waals surface area contributed by atoms with E-state index in [1.165, 1.54) is 47.9 Å². The lowest BCUT2D eigenvalue weighted by Crippen LogP contribution is -2.13. The minimum Gasteiger partial charge on any atom is -0.118 e. The van der Waals surface area contributed by atoms with Crippen LogP contribution in [-0.2, 0) is 19.3 Å². The fourth-order valence-electron chi connectivity index (χ4n) is 3.41. The molecule has 1 rings (SSSR count). The zero-order valence-electron chi connectivity index (χ0n) is 14.6. The highest BCUT2D eigenvalue weighted by Gasteiger charge is 2.24. The van der Waals surface area contributed by atoms with Gasteiger partial charge in [-0.05, 0) is 60.3 Å². The molecule has 21 heavy (non-hydrogen) atoms. The normalized spacial score (nSPS) is 12.9. The molecule has 0 spiro atoms. The minimum atomic E-state index is 0.181. The second-order valence-electron chi connectivity index (χ2n) is 6.13. The van der Waals surface area contributed by atoms with Crippen LogP contribution in [0.1, 0.15) is 87.9 Å². The van der Waals surface area contributed by atoms with Crippen molar-refractivity contribution in [2.24, 2.45) is 5.92 Å². The van der Waals surface area contributed by atoms with Crippen molar-refractivity contribution in [1.29, 1.82) is 0 Å². The van der Waals surface area contributed by atoms with E-state index in [9.17, 15) is 0 Å². The molecule has 1 heteroatoms. The summed E-state index contributed by atoms with van der Waals surface area (Å²) in [5, 5.41) is 0.181. The fourth-order valence-corrected chi connectivity index (χ4v) is 3.94. The van der Waals surface area contributed by atoms with Gasteiger partial charge in [0.05, 0.1) is 5.38 Å². The third-order valence-corrected chi connectivity index (χ3v) is 5.16. The Hall–Kier alpha value is -0.490. The van der Waals surface area contributed by atoms with E-state index in [0.717, 1.165) is 19.3 Å². The lowest BCUT2D eigenvalue weighted by Gasteiger charge is -2.26. The van der Waals surface area contributed by atoms with E-state index in [-0.39, 0.29) is 5.38 Å². The van der Waals surface area contributed by atoms with Gasteiger partial charge in [0.15, 0.2) is 0 Å².